The topological polar surface area (TPSA) is 52.0 Å². The zero-order chi connectivity index (χ0) is 15.5. The summed E-state index contributed by atoms with van der Waals surface area (Å²) in [6.07, 6.45) is 0.957. The Morgan fingerprint density at radius 1 is 0.727 bits per heavy atom. The van der Waals surface area contributed by atoms with E-state index in [1.165, 1.54) is 5.56 Å². The van der Waals surface area contributed by atoms with Crippen molar-refractivity contribution in [1.29, 1.82) is 0 Å². The van der Waals surface area contributed by atoms with Gasteiger partial charge in [0.2, 0.25) is 0 Å². The third-order valence-electron chi connectivity index (χ3n) is 4.03. The van der Waals surface area contributed by atoms with Crippen LogP contribution < -0.4 is 11.5 Å². The van der Waals surface area contributed by atoms with Gasteiger partial charge in [-0.25, -0.2) is 0 Å². The predicted octanol–water partition coefficient (Wildman–Crippen LogP) is 4.75. The molecule has 2 nitrogen and oxygen atoms in total. The van der Waals surface area contributed by atoms with E-state index >= 15 is 0 Å². The average molecular weight is 288 g/mol. The Morgan fingerprint density at radius 3 is 2.14 bits per heavy atom. The number of aryl methyl sites for hydroxylation is 1. The summed E-state index contributed by atoms with van der Waals surface area (Å²) in [5.74, 6) is 0. The Kier molecular flexibility index (Phi) is 3.84. The maximum Gasteiger partial charge on any atom is 0.0633 e. The minimum atomic E-state index is 0.626. The number of nitrogen functional groups attached to an aromatic ring is 2. The largest absolute Gasteiger partial charge is 0.397 e. The molecule has 0 aliphatic rings. The van der Waals surface area contributed by atoms with Gasteiger partial charge in [0.25, 0.3) is 0 Å². The average Bonchev–Trinajstić information content (AvgIpc) is 2.58. The number of hydrogen-bond donors (Lipinski definition) is 2. The summed E-state index contributed by atoms with van der Waals surface area (Å²) >= 11 is 0. The van der Waals surface area contributed by atoms with Gasteiger partial charge in [-0.05, 0) is 34.7 Å². The zero-order valence-corrected chi connectivity index (χ0v) is 12.7. The highest BCUT2D eigenvalue weighted by molar-refractivity contribution is 5.96. The second-order valence-electron chi connectivity index (χ2n) is 5.37. The van der Waals surface area contributed by atoms with E-state index in [9.17, 15) is 0 Å². The lowest BCUT2D eigenvalue weighted by atomic mass is 9.89. The standard InChI is InChI=1S/C20H20N2/c1-2-14-8-6-7-11-16(14)19-17(12-13-18(21)20(19)22)15-9-4-3-5-10-15/h3-13H,2,21-22H2,1H3. The first-order chi connectivity index (χ1) is 10.7. The van der Waals surface area contributed by atoms with E-state index in [2.05, 4.69) is 43.3 Å². The fourth-order valence-electron chi connectivity index (χ4n) is 2.86. The van der Waals surface area contributed by atoms with Gasteiger partial charge >= 0.3 is 0 Å². The SMILES string of the molecule is CCc1ccccc1-c1c(-c2ccccc2)ccc(N)c1N. The normalized spacial score (nSPS) is 10.6. The van der Waals surface area contributed by atoms with Crippen molar-refractivity contribution >= 4 is 11.4 Å². The summed E-state index contributed by atoms with van der Waals surface area (Å²) < 4.78 is 0. The van der Waals surface area contributed by atoms with Crippen LogP contribution in [0.2, 0.25) is 0 Å². The van der Waals surface area contributed by atoms with Gasteiger partial charge in [0.05, 0.1) is 11.4 Å². The van der Waals surface area contributed by atoms with Crippen LogP contribution in [0.25, 0.3) is 22.3 Å². The Hall–Kier alpha value is -2.74. The highest BCUT2D eigenvalue weighted by Crippen LogP contribution is 2.40. The fourth-order valence-corrected chi connectivity index (χ4v) is 2.86. The van der Waals surface area contributed by atoms with E-state index < -0.39 is 0 Å². The van der Waals surface area contributed by atoms with Crippen molar-refractivity contribution in [3.63, 3.8) is 0 Å². The summed E-state index contributed by atoms with van der Waals surface area (Å²) in [5, 5.41) is 0. The molecule has 2 heteroatoms. The van der Waals surface area contributed by atoms with Gasteiger partial charge in [0.1, 0.15) is 0 Å². The summed E-state index contributed by atoms with van der Waals surface area (Å²) in [4.78, 5) is 0. The highest BCUT2D eigenvalue weighted by Gasteiger charge is 2.15. The molecule has 0 atom stereocenters. The van der Waals surface area contributed by atoms with Crippen molar-refractivity contribution in [2.75, 3.05) is 11.5 Å². The van der Waals surface area contributed by atoms with E-state index in [0.29, 0.717) is 11.4 Å². The van der Waals surface area contributed by atoms with Gasteiger partial charge in [0.15, 0.2) is 0 Å². The molecule has 3 aromatic rings. The van der Waals surface area contributed by atoms with Gasteiger partial charge in [-0.2, -0.15) is 0 Å². The molecule has 0 saturated carbocycles. The molecular formula is C20H20N2. The van der Waals surface area contributed by atoms with Gasteiger partial charge < -0.3 is 11.5 Å². The van der Waals surface area contributed by atoms with Gasteiger partial charge in [-0.3, -0.25) is 0 Å². The molecule has 0 radical (unpaired) electrons. The van der Waals surface area contributed by atoms with Crippen LogP contribution in [0.15, 0.2) is 66.7 Å². The van der Waals surface area contributed by atoms with Crippen LogP contribution in [0, 0.1) is 0 Å². The molecule has 0 spiro atoms. The minimum absolute atomic E-state index is 0.626. The maximum absolute atomic E-state index is 6.35. The molecule has 0 unspecified atom stereocenters. The van der Waals surface area contributed by atoms with E-state index in [-0.39, 0.29) is 0 Å². The van der Waals surface area contributed by atoms with Crippen molar-refractivity contribution in [3.05, 3.63) is 72.3 Å². The van der Waals surface area contributed by atoms with E-state index in [4.69, 9.17) is 11.5 Å². The molecule has 3 aromatic carbocycles. The molecule has 0 heterocycles. The third-order valence-corrected chi connectivity index (χ3v) is 4.03. The lowest BCUT2D eigenvalue weighted by molar-refractivity contribution is 1.14. The number of hydrogen-bond acceptors (Lipinski definition) is 2. The molecule has 0 amide bonds. The lowest BCUT2D eigenvalue weighted by Gasteiger charge is -2.17. The number of nitrogens with two attached hydrogens (primary N) is 2. The number of rotatable bonds is 3. The molecule has 0 bridgehead atoms. The first kappa shape index (κ1) is 14.2. The van der Waals surface area contributed by atoms with E-state index in [1.54, 1.807) is 0 Å². The molecule has 0 aromatic heterocycles. The Labute approximate surface area is 131 Å². The van der Waals surface area contributed by atoms with Gasteiger partial charge in [-0.15, -0.1) is 0 Å². The van der Waals surface area contributed by atoms with Crippen molar-refractivity contribution in [3.8, 4) is 22.3 Å². The quantitative estimate of drug-likeness (QED) is 0.683. The summed E-state index contributed by atoms with van der Waals surface area (Å²) in [7, 11) is 0. The summed E-state index contributed by atoms with van der Waals surface area (Å²) in [6.45, 7) is 2.16. The second-order valence-corrected chi connectivity index (χ2v) is 5.37. The first-order valence-corrected chi connectivity index (χ1v) is 7.54. The van der Waals surface area contributed by atoms with Crippen LogP contribution in [-0.2, 0) is 6.42 Å². The fraction of sp³-hybridized carbons (Fsp3) is 0.100. The maximum atomic E-state index is 6.35. The third kappa shape index (κ3) is 2.44. The Bertz CT molecular complexity index is 792. The van der Waals surface area contributed by atoms with Crippen LogP contribution in [0.1, 0.15) is 12.5 Å². The molecule has 0 aliphatic heterocycles. The Balaban J connectivity index is 2.32. The molecule has 110 valence electrons. The molecule has 0 saturated heterocycles. The van der Waals surface area contributed by atoms with E-state index in [1.807, 2.05) is 30.3 Å². The lowest BCUT2D eigenvalue weighted by Crippen LogP contribution is -2.01. The molecule has 0 fully saturated rings. The predicted molar refractivity (Wildman–Crippen MR) is 95.5 cm³/mol. The van der Waals surface area contributed by atoms with Crippen LogP contribution in [0.5, 0.6) is 0 Å². The van der Waals surface area contributed by atoms with E-state index in [0.717, 1.165) is 28.7 Å². The number of benzene rings is 3. The van der Waals surface area contributed by atoms with Gasteiger partial charge in [0, 0.05) is 5.56 Å². The van der Waals surface area contributed by atoms with Crippen LogP contribution in [0.3, 0.4) is 0 Å². The number of anilines is 2. The molecule has 0 aliphatic carbocycles. The van der Waals surface area contributed by atoms with Crippen LogP contribution >= 0.6 is 0 Å². The minimum Gasteiger partial charge on any atom is -0.397 e. The molecule has 3 rings (SSSR count). The van der Waals surface area contributed by atoms with Crippen molar-refractivity contribution in [1.82, 2.24) is 0 Å². The van der Waals surface area contributed by atoms with Crippen molar-refractivity contribution in [2.45, 2.75) is 13.3 Å². The summed E-state index contributed by atoms with van der Waals surface area (Å²) in [5.41, 5.74) is 19.4. The highest BCUT2D eigenvalue weighted by atomic mass is 14.7. The smallest absolute Gasteiger partial charge is 0.0633 e. The molecule has 22 heavy (non-hydrogen) atoms. The first-order valence-electron chi connectivity index (χ1n) is 7.54. The van der Waals surface area contributed by atoms with Crippen molar-refractivity contribution in [2.24, 2.45) is 0 Å². The van der Waals surface area contributed by atoms with Crippen LogP contribution in [-0.4, -0.2) is 0 Å². The summed E-state index contributed by atoms with van der Waals surface area (Å²) in [6, 6.07) is 22.6. The Morgan fingerprint density at radius 2 is 1.41 bits per heavy atom. The monoisotopic (exact) mass is 288 g/mol. The molecular weight excluding hydrogens is 268 g/mol. The van der Waals surface area contributed by atoms with Gasteiger partial charge in [-0.1, -0.05) is 67.6 Å². The molecule has 4 N–H and O–H groups in total. The van der Waals surface area contributed by atoms with Crippen molar-refractivity contribution < 1.29 is 0 Å². The van der Waals surface area contributed by atoms with Crippen LogP contribution in [0.4, 0.5) is 11.4 Å². The zero-order valence-electron chi connectivity index (χ0n) is 12.7. The second kappa shape index (κ2) is 5.94.